The second-order valence-corrected chi connectivity index (χ2v) is 6.18. The Balaban J connectivity index is 1.74. The van der Waals surface area contributed by atoms with E-state index in [1.165, 1.54) is 38.5 Å². The smallest absolute Gasteiger partial charge is 0.191 e. The molecule has 122 valence electrons. The Morgan fingerprint density at radius 3 is 2.82 bits per heavy atom. The van der Waals surface area contributed by atoms with Gasteiger partial charge >= 0.3 is 0 Å². The van der Waals surface area contributed by atoms with Gasteiger partial charge in [0.1, 0.15) is 0 Å². The number of guanidine groups is 1. The number of pyridine rings is 1. The lowest BCUT2D eigenvalue weighted by molar-refractivity contribution is 0.481. The molecule has 0 aromatic carbocycles. The topological polar surface area (TPSA) is 49.3 Å². The first-order valence-electron chi connectivity index (χ1n) is 8.72. The Kier molecular flexibility index (Phi) is 7.20. The van der Waals surface area contributed by atoms with E-state index in [0.29, 0.717) is 6.54 Å². The van der Waals surface area contributed by atoms with Gasteiger partial charge in [0.2, 0.25) is 0 Å². The molecule has 1 aromatic rings. The van der Waals surface area contributed by atoms with Crippen LogP contribution < -0.4 is 10.6 Å². The van der Waals surface area contributed by atoms with Crippen LogP contribution in [0, 0.1) is 12.8 Å². The normalized spacial score (nSPS) is 16.0. The fourth-order valence-electron chi connectivity index (χ4n) is 3.09. The van der Waals surface area contributed by atoms with Crippen molar-refractivity contribution >= 4 is 5.96 Å². The van der Waals surface area contributed by atoms with E-state index in [4.69, 9.17) is 0 Å². The zero-order valence-electron chi connectivity index (χ0n) is 14.1. The van der Waals surface area contributed by atoms with E-state index in [0.717, 1.165) is 36.4 Å². The fourth-order valence-corrected chi connectivity index (χ4v) is 3.09. The van der Waals surface area contributed by atoms with Crippen molar-refractivity contribution in [2.24, 2.45) is 10.9 Å². The summed E-state index contributed by atoms with van der Waals surface area (Å²) in [7, 11) is 0. The molecule has 0 saturated heterocycles. The number of rotatable bonds is 7. The molecule has 2 rings (SSSR count). The van der Waals surface area contributed by atoms with Crippen molar-refractivity contribution in [1.82, 2.24) is 15.6 Å². The molecular formula is C18H30N4. The molecule has 1 heterocycles. The SMILES string of the molecule is CCNC(=NCc1cccc(C)n1)NCCCC1CCCC1. The Morgan fingerprint density at radius 1 is 1.27 bits per heavy atom. The maximum atomic E-state index is 4.63. The molecular weight excluding hydrogens is 272 g/mol. The molecule has 0 bridgehead atoms. The van der Waals surface area contributed by atoms with Gasteiger partial charge in [0.25, 0.3) is 0 Å². The summed E-state index contributed by atoms with van der Waals surface area (Å²) in [6.45, 7) is 6.62. The highest BCUT2D eigenvalue weighted by molar-refractivity contribution is 5.79. The second-order valence-electron chi connectivity index (χ2n) is 6.18. The molecule has 1 aliphatic rings. The number of aliphatic imine (C=N–C) groups is 1. The van der Waals surface area contributed by atoms with Crippen molar-refractivity contribution in [2.45, 2.75) is 58.9 Å². The Hall–Kier alpha value is -1.58. The molecule has 0 spiro atoms. The Morgan fingerprint density at radius 2 is 2.09 bits per heavy atom. The third kappa shape index (κ3) is 6.04. The lowest BCUT2D eigenvalue weighted by Crippen LogP contribution is -2.37. The highest BCUT2D eigenvalue weighted by atomic mass is 15.2. The van der Waals surface area contributed by atoms with E-state index in [1.54, 1.807) is 0 Å². The van der Waals surface area contributed by atoms with Crippen LogP contribution in [0.1, 0.15) is 56.8 Å². The summed E-state index contributed by atoms with van der Waals surface area (Å²) in [5, 5.41) is 6.75. The van der Waals surface area contributed by atoms with Crippen LogP contribution in [0.5, 0.6) is 0 Å². The van der Waals surface area contributed by atoms with Gasteiger partial charge in [0.05, 0.1) is 12.2 Å². The summed E-state index contributed by atoms with van der Waals surface area (Å²) in [4.78, 5) is 9.12. The van der Waals surface area contributed by atoms with E-state index in [9.17, 15) is 0 Å². The molecule has 4 heteroatoms. The lowest BCUT2D eigenvalue weighted by Gasteiger charge is -2.13. The fraction of sp³-hybridized carbons (Fsp3) is 0.667. The Labute approximate surface area is 134 Å². The van der Waals surface area contributed by atoms with Crippen molar-refractivity contribution < 1.29 is 0 Å². The van der Waals surface area contributed by atoms with E-state index in [1.807, 2.05) is 25.1 Å². The van der Waals surface area contributed by atoms with Crippen LogP contribution in [-0.2, 0) is 6.54 Å². The Bertz CT molecular complexity index is 464. The highest BCUT2D eigenvalue weighted by Gasteiger charge is 2.13. The summed E-state index contributed by atoms with van der Waals surface area (Å²) in [5.74, 6) is 1.87. The number of nitrogens with zero attached hydrogens (tertiary/aromatic N) is 2. The quantitative estimate of drug-likeness (QED) is 0.461. The maximum Gasteiger partial charge on any atom is 0.191 e. The minimum absolute atomic E-state index is 0.625. The number of aromatic nitrogens is 1. The van der Waals surface area contributed by atoms with Crippen molar-refractivity contribution in [1.29, 1.82) is 0 Å². The summed E-state index contributed by atoms with van der Waals surface area (Å²) in [5.41, 5.74) is 2.06. The van der Waals surface area contributed by atoms with Crippen LogP contribution in [0.3, 0.4) is 0 Å². The lowest BCUT2D eigenvalue weighted by atomic mass is 10.0. The summed E-state index contributed by atoms with van der Waals surface area (Å²) in [6, 6.07) is 6.08. The molecule has 0 amide bonds. The van der Waals surface area contributed by atoms with Crippen molar-refractivity contribution in [3.05, 3.63) is 29.6 Å². The molecule has 4 nitrogen and oxygen atoms in total. The molecule has 1 aliphatic carbocycles. The zero-order valence-corrected chi connectivity index (χ0v) is 14.1. The van der Waals surface area contributed by atoms with Crippen LogP contribution in [0.2, 0.25) is 0 Å². The summed E-state index contributed by atoms with van der Waals surface area (Å²) >= 11 is 0. The van der Waals surface area contributed by atoms with E-state index in [2.05, 4.69) is 27.5 Å². The standard InChI is InChI=1S/C18H30N4/c1-3-19-18(20-13-7-11-16-9-4-5-10-16)21-14-17-12-6-8-15(2)22-17/h6,8,12,16H,3-5,7,9-11,13-14H2,1-2H3,(H2,19,20,21). The first kappa shape index (κ1) is 16.8. The number of hydrogen-bond acceptors (Lipinski definition) is 2. The number of nitrogens with one attached hydrogen (secondary N) is 2. The van der Waals surface area contributed by atoms with Gasteiger partial charge in [-0.25, -0.2) is 4.99 Å². The monoisotopic (exact) mass is 302 g/mol. The van der Waals surface area contributed by atoms with E-state index in [-0.39, 0.29) is 0 Å². The van der Waals surface area contributed by atoms with Gasteiger partial charge in [-0.05, 0) is 44.7 Å². The molecule has 0 aliphatic heterocycles. The molecule has 2 N–H and O–H groups in total. The van der Waals surface area contributed by atoms with Gasteiger partial charge in [0.15, 0.2) is 5.96 Å². The van der Waals surface area contributed by atoms with Crippen LogP contribution in [0.25, 0.3) is 0 Å². The molecule has 22 heavy (non-hydrogen) atoms. The third-order valence-corrected chi connectivity index (χ3v) is 4.25. The molecule has 1 saturated carbocycles. The van der Waals surface area contributed by atoms with Gasteiger partial charge < -0.3 is 10.6 Å². The average molecular weight is 302 g/mol. The van der Waals surface area contributed by atoms with Crippen LogP contribution >= 0.6 is 0 Å². The first-order valence-corrected chi connectivity index (χ1v) is 8.72. The third-order valence-electron chi connectivity index (χ3n) is 4.25. The van der Waals surface area contributed by atoms with Crippen molar-refractivity contribution in [2.75, 3.05) is 13.1 Å². The predicted molar refractivity (Wildman–Crippen MR) is 93.0 cm³/mol. The van der Waals surface area contributed by atoms with Gasteiger partial charge in [-0.3, -0.25) is 4.98 Å². The van der Waals surface area contributed by atoms with Gasteiger partial charge in [-0.2, -0.15) is 0 Å². The predicted octanol–water partition coefficient (Wildman–Crippen LogP) is 3.42. The maximum absolute atomic E-state index is 4.63. The van der Waals surface area contributed by atoms with Gasteiger partial charge in [0, 0.05) is 18.8 Å². The molecule has 0 atom stereocenters. The van der Waals surface area contributed by atoms with E-state index < -0.39 is 0 Å². The van der Waals surface area contributed by atoms with Crippen molar-refractivity contribution in [3.8, 4) is 0 Å². The molecule has 0 unspecified atom stereocenters. The van der Waals surface area contributed by atoms with Crippen LogP contribution in [0.15, 0.2) is 23.2 Å². The molecule has 1 fully saturated rings. The zero-order chi connectivity index (χ0) is 15.6. The van der Waals surface area contributed by atoms with Gasteiger partial charge in [-0.1, -0.05) is 31.7 Å². The number of aryl methyl sites for hydroxylation is 1. The minimum Gasteiger partial charge on any atom is -0.357 e. The second kappa shape index (κ2) is 9.44. The molecule has 0 radical (unpaired) electrons. The van der Waals surface area contributed by atoms with Gasteiger partial charge in [-0.15, -0.1) is 0 Å². The summed E-state index contributed by atoms with van der Waals surface area (Å²) < 4.78 is 0. The summed E-state index contributed by atoms with van der Waals surface area (Å²) in [6.07, 6.45) is 8.33. The highest BCUT2D eigenvalue weighted by Crippen LogP contribution is 2.28. The van der Waals surface area contributed by atoms with Crippen LogP contribution in [0.4, 0.5) is 0 Å². The largest absolute Gasteiger partial charge is 0.357 e. The van der Waals surface area contributed by atoms with Crippen LogP contribution in [-0.4, -0.2) is 24.0 Å². The molecule has 1 aromatic heterocycles. The minimum atomic E-state index is 0.625. The van der Waals surface area contributed by atoms with Crippen molar-refractivity contribution in [3.63, 3.8) is 0 Å². The average Bonchev–Trinajstić information content (AvgIpc) is 3.02. The van der Waals surface area contributed by atoms with E-state index >= 15 is 0 Å². The number of hydrogen-bond donors (Lipinski definition) is 2. The first-order chi connectivity index (χ1) is 10.8.